The third-order valence-corrected chi connectivity index (χ3v) is 8.38. The lowest BCUT2D eigenvalue weighted by Crippen LogP contribution is -2.24. The first-order valence-electron chi connectivity index (χ1n) is 14.9. The van der Waals surface area contributed by atoms with Crippen LogP contribution in [0.4, 0.5) is 0 Å². The van der Waals surface area contributed by atoms with Crippen molar-refractivity contribution in [2.24, 2.45) is 0 Å². The number of nitrogens with zero attached hydrogens (tertiary/aromatic N) is 4. The number of para-hydroxylation sites is 2. The molecule has 14 nitrogen and oxygen atoms in total. The van der Waals surface area contributed by atoms with Crippen LogP contribution in [0.5, 0.6) is 11.5 Å². The average molecular weight is 705 g/mol. The fourth-order valence-electron chi connectivity index (χ4n) is 5.53. The zero-order valence-corrected chi connectivity index (χ0v) is 27.2. The summed E-state index contributed by atoms with van der Waals surface area (Å²) >= 11 is 0. The van der Waals surface area contributed by atoms with Crippen molar-refractivity contribution in [3.05, 3.63) is 118 Å². The number of benzene rings is 4. The van der Waals surface area contributed by atoms with Crippen molar-refractivity contribution >= 4 is 42.6 Å². The molecule has 0 aliphatic carbocycles. The van der Waals surface area contributed by atoms with E-state index in [1.54, 1.807) is 60.7 Å². The molecule has 4 aromatic carbocycles. The smallest absolute Gasteiger partial charge is 0.362 e. The Balaban J connectivity index is 1.27. The van der Waals surface area contributed by atoms with E-state index in [9.17, 15) is 26.4 Å². The van der Waals surface area contributed by atoms with Gasteiger partial charge in [0.05, 0.1) is 21.8 Å². The first kappa shape index (κ1) is 33.5. The lowest BCUT2D eigenvalue weighted by molar-refractivity contribution is 0.384. The van der Waals surface area contributed by atoms with E-state index < -0.39 is 20.8 Å². The monoisotopic (exact) mass is 704 g/mol. The molecule has 0 saturated heterocycles. The first-order valence-corrected chi connectivity index (χ1v) is 17.6. The van der Waals surface area contributed by atoms with Crippen LogP contribution in [0.15, 0.2) is 107 Å². The molecule has 2 aromatic heterocycles. The lowest BCUT2D eigenvalue weighted by atomic mass is 10.1. The third kappa shape index (κ3) is 7.84. The van der Waals surface area contributed by atoms with Crippen LogP contribution in [0.25, 0.3) is 44.6 Å². The molecule has 0 aliphatic rings. The molecule has 0 atom stereocenters. The summed E-state index contributed by atoms with van der Waals surface area (Å²) in [5.41, 5.74) is 1.07. The van der Waals surface area contributed by atoms with Gasteiger partial charge in [-0.15, -0.1) is 0 Å². The van der Waals surface area contributed by atoms with Crippen LogP contribution in [-0.2, 0) is 33.9 Å². The Morgan fingerprint density at radius 3 is 1.37 bits per heavy atom. The molecular weight excluding hydrogens is 677 g/mol. The molecule has 6 rings (SSSR count). The van der Waals surface area contributed by atoms with Gasteiger partial charge in [-0.25, -0.2) is 9.97 Å². The predicted molar refractivity (Wildman–Crippen MR) is 181 cm³/mol. The Labute approximate surface area is 279 Å². The molecule has 6 aromatic rings. The Bertz CT molecular complexity index is 2370. The molecule has 0 fully saturated rings. The van der Waals surface area contributed by atoms with Crippen molar-refractivity contribution < 1.29 is 34.3 Å². The van der Waals surface area contributed by atoms with E-state index in [1.165, 1.54) is 45.5 Å². The number of unbranched alkanes of at least 4 members (excludes halogenated alkanes) is 2. The Morgan fingerprint density at radius 2 is 0.959 bits per heavy atom. The van der Waals surface area contributed by atoms with Crippen molar-refractivity contribution in [3.8, 4) is 34.3 Å². The molecule has 2 heterocycles. The van der Waals surface area contributed by atoms with E-state index >= 15 is 0 Å². The summed E-state index contributed by atoms with van der Waals surface area (Å²) in [6.45, 7) is 0.476. The molecule has 0 saturated carbocycles. The molecule has 2 N–H and O–H groups in total. The maximum absolute atomic E-state index is 13.6. The van der Waals surface area contributed by atoms with E-state index in [0.717, 1.165) is 0 Å². The molecule has 0 bridgehead atoms. The molecule has 0 amide bonds. The summed E-state index contributed by atoms with van der Waals surface area (Å²) < 4.78 is 75.7. The minimum absolute atomic E-state index is 0.158. The first-order chi connectivity index (χ1) is 23.4. The maximum Gasteiger partial charge on any atom is 0.446 e. The highest BCUT2D eigenvalue weighted by atomic mass is 32.3. The maximum atomic E-state index is 13.6. The van der Waals surface area contributed by atoms with Crippen molar-refractivity contribution in [1.29, 1.82) is 0 Å². The number of hydrogen-bond acceptors (Lipinski definition) is 10. The number of hydrogen-bond donors (Lipinski definition) is 2. The van der Waals surface area contributed by atoms with Crippen LogP contribution in [0.2, 0.25) is 0 Å². The van der Waals surface area contributed by atoms with E-state index in [0.29, 0.717) is 52.2 Å². The predicted octanol–water partition coefficient (Wildman–Crippen LogP) is 4.67. The highest BCUT2D eigenvalue weighted by Gasteiger charge is 2.17. The molecule has 0 radical (unpaired) electrons. The summed E-state index contributed by atoms with van der Waals surface area (Å²) in [7, 11) is -9.55. The Morgan fingerprint density at radius 1 is 0.551 bits per heavy atom. The van der Waals surface area contributed by atoms with Gasteiger partial charge in [0, 0.05) is 24.2 Å². The summed E-state index contributed by atoms with van der Waals surface area (Å²) in [5.74, 6) is 0.228. The molecule has 16 heteroatoms. The molecule has 49 heavy (non-hydrogen) atoms. The van der Waals surface area contributed by atoms with E-state index in [-0.39, 0.29) is 47.4 Å². The van der Waals surface area contributed by atoms with Crippen molar-refractivity contribution in [2.45, 2.75) is 32.4 Å². The Hall–Kier alpha value is -5.42. The van der Waals surface area contributed by atoms with Gasteiger partial charge in [0.15, 0.2) is 0 Å². The molecule has 0 spiro atoms. The van der Waals surface area contributed by atoms with Crippen LogP contribution in [0.3, 0.4) is 0 Å². The quantitative estimate of drug-likeness (QED) is 0.132. The fraction of sp³-hybridized carbons (Fsp3) is 0.152. The van der Waals surface area contributed by atoms with Gasteiger partial charge in [0.2, 0.25) is 0 Å². The summed E-state index contributed by atoms with van der Waals surface area (Å²) in [6.07, 6.45) is 1.56. The van der Waals surface area contributed by atoms with Crippen LogP contribution in [-0.4, -0.2) is 45.0 Å². The molecular formula is C33H28N4O10S2. The van der Waals surface area contributed by atoms with Gasteiger partial charge in [0.25, 0.3) is 11.1 Å². The fourth-order valence-corrected chi connectivity index (χ4v) is 6.22. The highest BCUT2D eigenvalue weighted by molar-refractivity contribution is 7.81. The van der Waals surface area contributed by atoms with Crippen molar-refractivity contribution in [3.63, 3.8) is 0 Å². The van der Waals surface area contributed by atoms with Crippen LogP contribution >= 0.6 is 0 Å². The molecule has 252 valence electrons. The van der Waals surface area contributed by atoms with Gasteiger partial charge in [-0.05, 0) is 67.8 Å². The number of rotatable bonds is 12. The number of aromatic nitrogens is 4. The van der Waals surface area contributed by atoms with Gasteiger partial charge in [0.1, 0.15) is 23.1 Å². The largest absolute Gasteiger partial charge is 0.446 e. The third-order valence-electron chi connectivity index (χ3n) is 7.57. The van der Waals surface area contributed by atoms with E-state index in [1.807, 2.05) is 0 Å². The second-order valence-corrected chi connectivity index (χ2v) is 13.0. The molecule has 0 unspecified atom stereocenters. The summed E-state index contributed by atoms with van der Waals surface area (Å²) in [6, 6.07) is 25.4. The topological polar surface area (TPSA) is 197 Å². The zero-order valence-electron chi connectivity index (χ0n) is 25.5. The molecule has 0 aliphatic heterocycles. The normalized spacial score (nSPS) is 12.0. The second-order valence-electron chi connectivity index (χ2n) is 11.0. The van der Waals surface area contributed by atoms with Crippen LogP contribution < -0.4 is 19.5 Å². The number of fused-ring (bicyclic) bond motifs is 2. The minimum Gasteiger partial charge on any atom is -0.362 e. The van der Waals surface area contributed by atoms with E-state index in [4.69, 9.17) is 9.11 Å². The minimum atomic E-state index is -4.78. The van der Waals surface area contributed by atoms with Crippen LogP contribution in [0, 0.1) is 0 Å². The van der Waals surface area contributed by atoms with Crippen molar-refractivity contribution in [2.75, 3.05) is 0 Å². The second kappa shape index (κ2) is 13.6. The van der Waals surface area contributed by atoms with Gasteiger partial charge < -0.3 is 8.37 Å². The average Bonchev–Trinajstić information content (AvgIpc) is 3.05. The summed E-state index contributed by atoms with van der Waals surface area (Å²) in [5, 5.41) is 0.797. The zero-order chi connectivity index (χ0) is 34.8. The SMILES string of the molecule is O=c1c2ccccc2nc(-c2cccc(OS(=O)(=O)O)c2)n1CCCCCn1c(-c2cccc(OS(=O)(=O)O)c2)nc2ccccc2c1=O. The highest BCUT2D eigenvalue weighted by Crippen LogP contribution is 2.26. The lowest BCUT2D eigenvalue weighted by Gasteiger charge is -2.16. The van der Waals surface area contributed by atoms with Crippen LogP contribution in [0.1, 0.15) is 19.3 Å². The van der Waals surface area contributed by atoms with Gasteiger partial charge in [-0.1, -0.05) is 48.5 Å². The van der Waals surface area contributed by atoms with Gasteiger partial charge in [-0.3, -0.25) is 27.8 Å². The van der Waals surface area contributed by atoms with E-state index in [2.05, 4.69) is 18.3 Å². The Kier molecular flexibility index (Phi) is 9.29. The van der Waals surface area contributed by atoms with Crippen molar-refractivity contribution in [1.82, 2.24) is 19.1 Å². The van der Waals surface area contributed by atoms with Gasteiger partial charge >= 0.3 is 20.8 Å². The summed E-state index contributed by atoms with van der Waals surface area (Å²) in [4.78, 5) is 36.7. The van der Waals surface area contributed by atoms with Gasteiger partial charge in [-0.2, -0.15) is 16.8 Å². The standard InChI is InChI=1S/C33H28N4O10S2/c38-32-26-14-2-4-16-28(26)34-30(22-10-8-12-24(20-22)46-48(40,41)42)36(32)18-6-1-7-19-37-31(35-29-17-5-3-15-27(29)33(37)39)23-11-9-13-25(21-23)47-49(43,44)45/h2-5,8-17,20-21H,1,6-7,18-19H2,(H,40,41,42)(H,43,44,45).